The van der Waals surface area contributed by atoms with E-state index in [1.165, 1.54) is 0 Å². The fourth-order valence-electron chi connectivity index (χ4n) is 1.46. The molecule has 0 bridgehead atoms. The Morgan fingerprint density at radius 1 is 1.38 bits per heavy atom. The Labute approximate surface area is 81.4 Å². The molecule has 1 rings (SSSR count). The highest BCUT2D eigenvalue weighted by Gasteiger charge is 2.44. The van der Waals surface area contributed by atoms with E-state index in [9.17, 15) is 0 Å². The van der Waals surface area contributed by atoms with Crippen LogP contribution in [-0.4, -0.2) is 26.1 Å². The molecule has 0 atom stereocenters. The van der Waals surface area contributed by atoms with Crippen molar-refractivity contribution in [1.82, 2.24) is 0 Å². The first kappa shape index (κ1) is 10.7. The maximum Gasteiger partial charge on any atom is 0.318 e. The fourth-order valence-corrected chi connectivity index (χ4v) is 3.65. The monoisotopic (exact) mass is 201 g/mol. The van der Waals surface area contributed by atoms with Crippen molar-refractivity contribution in [2.24, 2.45) is 4.66 Å². The smallest absolute Gasteiger partial charge is 0.318 e. The van der Waals surface area contributed by atoms with Crippen LogP contribution in [-0.2, 0) is 9.16 Å². The van der Waals surface area contributed by atoms with Gasteiger partial charge >= 0.3 is 8.48 Å². The van der Waals surface area contributed by atoms with E-state index in [0.717, 1.165) is 5.90 Å². The van der Waals surface area contributed by atoms with Gasteiger partial charge in [-0.2, -0.15) is 0 Å². The second kappa shape index (κ2) is 3.10. The van der Waals surface area contributed by atoms with Crippen LogP contribution >= 0.6 is 0 Å². The molecule has 0 N–H and O–H groups in total. The van der Waals surface area contributed by atoms with Crippen LogP contribution in [0.5, 0.6) is 0 Å². The Hall–Kier alpha value is -0.353. The van der Waals surface area contributed by atoms with Crippen molar-refractivity contribution in [2.45, 2.75) is 52.5 Å². The molecule has 1 aliphatic rings. The quantitative estimate of drug-likeness (QED) is 0.610. The van der Waals surface area contributed by atoms with Crippen LogP contribution in [0.4, 0.5) is 0 Å². The summed E-state index contributed by atoms with van der Waals surface area (Å²) < 4.78 is 16.0. The van der Waals surface area contributed by atoms with Gasteiger partial charge in [0.15, 0.2) is 0 Å². The first-order chi connectivity index (χ1) is 5.73. The van der Waals surface area contributed by atoms with Crippen LogP contribution in [0.25, 0.3) is 0 Å². The Bertz CT molecular complexity index is 234. The van der Waals surface area contributed by atoms with E-state index in [-0.39, 0.29) is 11.7 Å². The predicted molar refractivity (Wildman–Crippen MR) is 56.3 cm³/mol. The number of hydrogen-bond donors (Lipinski definition) is 0. The van der Waals surface area contributed by atoms with Crippen molar-refractivity contribution in [2.75, 3.05) is 0 Å². The lowest BCUT2D eigenvalue weighted by Gasteiger charge is -2.24. The lowest BCUT2D eigenvalue weighted by atomic mass is 10.1. The molecule has 0 saturated heterocycles. The maximum atomic E-state index is 5.86. The average Bonchev–Trinajstić information content (AvgIpc) is 1.98. The third-order valence-corrected chi connectivity index (χ3v) is 3.49. The van der Waals surface area contributed by atoms with Crippen molar-refractivity contribution >= 4 is 14.4 Å². The summed E-state index contributed by atoms with van der Waals surface area (Å²) in [5, 5.41) is 0. The Balaban J connectivity index is 2.81. The van der Waals surface area contributed by atoms with E-state index in [2.05, 4.69) is 17.8 Å². The summed E-state index contributed by atoms with van der Waals surface area (Å²) in [5.74, 6) is 0.763. The highest BCUT2D eigenvalue weighted by Crippen LogP contribution is 2.28. The molecule has 0 aromatic carbocycles. The summed E-state index contributed by atoms with van der Waals surface area (Å²) in [6.07, 6.45) is 0.171. The third kappa shape index (κ3) is 2.54. The van der Waals surface area contributed by atoms with E-state index in [1.54, 1.807) is 0 Å². The van der Waals surface area contributed by atoms with Gasteiger partial charge in [0.1, 0.15) is 5.60 Å². The molecule has 13 heavy (non-hydrogen) atoms. The van der Waals surface area contributed by atoms with Crippen LogP contribution in [0.2, 0.25) is 13.1 Å². The van der Waals surface area contributed by atoms with Crippen molar-refractivity contribution in [3.63, 3.8) is 0 Å². The van der Waals surface area contributed by atoms with Crippen LogP contribution in [0.3, 0.4) is 0 Å². The van der Waals surface area contributed by atoms with Gasteiger partial charge in [0.25, 0.3) is 0 Å². The first-order valence-corrected chi connectivity index (χ1v) is 7.56. The Morgan fingerprint density at radius 2 is 1.92 bits per heavy atom. The highest BCUT2D eigenvalue weighted by molar-refractivity contribution is 6.72. The summed E-state index contributed by atoms with van der Waals surface area (Å²) in [4.78, 5) is 0. The van der Waals surface area contributed by atoms with E-state index < -0.39 is 8.48 Å². The summed E-state index contributed by atoms with van der Waals surface area (Å²) in [6, 6.07) is 0. The van der Waals surface area contributed by atoms with Gasteiger partial charge < -0.3 is 9.16 Å². The van der Waals surface area contributed by atoms with E-state index >= 15 is 0 Å². The predicted octanol–water partition coefficient (Wildman–Crippen LogP) is 2.32. The van der Waals surface area contributed by atoms with Crippen LogP contribution in [0, 0.1) is 0 Å². The molecule has 3 nitrogen and oxygen atoms in total. The molecule has 1 aliphatic heterocycles. The Morgan fingerprint density at radius 3 is 2.23 bits per heavy atom. The number of nitrogens with zero attached hydrogens (tertiary/aromatic N) is 1. The normalized spacial score (nSPS) is 24.7. The van der Waals surface area contributed by atoms with Gasteiger partial charge in [-0.1, -0.05) is 0 Å². The first-order valence-electron chi connectivity index (χ1n) is 4.70. The zero-order chi connectivity index (χ0) is 10.3. The molecule has 0 amide bonds. The molecule has 76 valence electrons. The minimum absolute atomic E-state index is 0.171. The molecule has 0 fully saturated rings. The van der Waals surface area contributed by atoms with Crippen molar-refractivity contribution < 1.29 is 9.16 Å². The van der Waals surface area contributed by atoms with Gasteiger partial charge in [-0.05, 0) is 40.8 Å². The molecule has 0 unspecified atom stereocenters. The molecule has 1 heterocycles. The average molecular weight is 201 g/mol. The SMILES string of the molecule is CC(C)OC1=N[Si](C)(C)OC1(C)C. The molecule has 0 saturated carbocycles. The van der Waals surface area contributed by atoms with Crippen LogP contribution < -0.4 is 0 Å². The largest absolute Gasteiger partial charge is 0.477 e. The standard InChI is InChI=1S/C9H19NO2Si/c1-7(2)11-8-9(3,4)12-13(5,6)10-8/h7H,1-6H3. The topological polar surface area (TPSA) is 30.8 Å². The van der Waals surface area contributed by atoms with Gasteiger partial charge in [0.2, 0.25) is 5.90 Å². The van der Waals surface area contributed by atoms with Crippen molar-refractivity contribution in [3.8, 4) is 0 Å². The molecular weight excluding hydrogens is 182 g/mol. The third-order valence-electron chi connectivity index (χ3n) is 1.74. The second-order valence-electron chi connectivity index (χ2n) is 4.64. The van der Waals surface area contributed by atoms with E-state index in [4.69, 9.17) is 9.16 Å². The minimum atomic E-state index is -1.84. The van der Waals surface area contributed by atoms with Gasteiger partial charge in [-0.15, -0.1) is 0 Å². The van der Waals surface area contributed by atoms with Gasteiger partial charge in [-0.25, -0.2) is 0 Å². The van der Waals surface area contributed by atoms with Crippen LogP contribution in [0.15, 0.2) is 4.66 Å². The molecule has 0 radical (unpaired) electrons. The highest BCUT2D eigenvalue weighted by atomic mass is 28.4. The van der Waals surface area contributed by atoms with Crippen molar-refractivity contribution in [1.29, 1.82) is 0 Å². The molecule has 0 spiro atoms. The van der Waals surface area contributed by atoms with E-state index in [1.807, 2.05) is 27.7 Å². The lowest BCUT2D eigenvalue weighted by molar-refractivity contribution is 0.128. The maximum absolute atomic E-state index is 5.86. The number of hydrogen-bond acceptors (Lipinski definition) is 3. The van der Waals surface area contributed by atoms with Gasteiger partial charge in [0, 0.05) is 0 Å². The lowest BCUT2D eigenvalue weighted by Crippen LogP contribution is -2.37. The Kier molecular flexibility index (Phi) is 2.56. The number of ether oxygens (including phenoxy) is 1. The molecule has 0 aliphatic carbocycles. The number of rotatable bonds is 1. The molecule has 0 aromatic rings. The fraction of sp³-hybridized carbons (Fsp3) is 0.889. The van der Waals surface area contributed by atoms with Gasteiger partial charge in [0.05, 0.1) is 6.10 Å². The van der Waals surface area contributed by atoms with Crippen LogP contribution in [0.1, 0.15) is 27.7 Å². The molecule has 4 heteroatoms. The zero-order valence-corrected chi connectivity index (χ0v) is 10.3. The molecular formula is C9H19NO2Si. The molecule has 0 aromatic heterocycles. The van der Waals surface area contributed by atoms with Crippen molar-refractivity contribution in [3.05, 3.63) is 0 Å². The zero-order valence-electron chi connectivity index (χ0n) is 9.34. The summed E-state index contributed by atoms with van der Waals surface area (Å²) in [7, 11) is -1.84. The summed E-state index contributed by atoms with van der Waals surface area (Å²) in [5.41, 5.74) is -0.333. The second-order valence-corrected chi connectivity index (χ2v) is 7.96. The summed E-state index contributed by atoms with van der Waals surface area (Å²) in [6.45, 7) is 12.2. The minimum Gasteiger partial charge on any atom is -0.477 e. The van der Waals surface area contributed by atoms with Gasteiger partial charge in [-0.3, -0.25) is 4.66 Å². The van der Waals surface area contributed by atoms with E-state index in [0.29, 0.717) is 0 Å². The summed E-state index contributed by atoms with van der Waals surface area (Å²) >= 11 is 0.